The second-order valence-corrected chi connectivity index (χ2v) is 4.90. The first kappa shape index (κ1) is 14.2. The largest absolute Gasteiger partial charge is 0.478 e. The number of halogens is 1. The maximum atomic E-state index is 10.9. The zero-order chi connectivity index (χ0) is 14.7. The minimum Gasteiger partial charge on any atom is -0.478 e. The molecule has 0 saturated heterocycles. The molecule has 2 aromatic carbocycles. The quantitative estimate of drug-likeness (QED) is 0.749. The molecule has 0 spiro atoms. The van der Waals surface area contributed by atoms with Gasteiger partial charge in [0, 0.05) is 22.4 Å². The van der Waals surface area contributed by atoms with Crippen molar-refractivity contribution in [2.45, 2.75) is 13.0 Å². The van der Waals surface area contributed by atoms with Gasteiger partial charge in [0.2, 0.25) is 0 Å². The van der Waals surface area contributed by atoms with E-state index in [1.165, 1.54) is 6.07 Å². The van der Waals surface area contributed by atoms with E-state index in [2.05, 4.69) is 5.32 Å². The van der Waals surface area contributed by atoms with Crippen LogP contribution in [0.2, 0.25) is 5.02 Å². The van der Waals surface area contributed by atoms with Gasteiger partial charge in [-0.3, -0.25) is 0 Å². The SMILES string of the molecule is CC(Nc1ccc(C(=O)O)c(N)c1)c1ccccc1Cl. The van der Waals surface area contributed by atoms with Crippen molar-refractivity contribution in [3.8, 4) is 0 Å². The molecule has 0 heterocycles. The number of carboxylic acid groups (broad SMARTS) is 1. The molecule has 0 amide bonds. The Kier molecular flexibility index (Phi) is 4.15. The molecule has 20 heavy (non-hydrogen) atoms. The lowest BCUT2D eigenvalue weighted by molar-refractivity contribution is 0.0698. The van der Waals surface area contributed by atoms with E-state index in [4.69, 9.17) is 22.4 Å². The van der Waals surface area contributed by atoms with Crippen LogP contribution in [0.15, 0.2) is 42.5 Å². The van der Waals surface area contributed by atoms with Gasteiger partial charge in [-0.15, -0.1) is 0 Å². The molecule has 0 aliphatic carbocycles. The fraction of sp³-hybridized carbons (Fsp3) is 0.133. The van der Waals surface area contributed by atoms with Crippen LogP contribution in [0.5, 0.6) is 0 Å². The van der Waals surface area contributed by atoms with Gasteiger partial charge in [-0.1, -0.05) is 29.8 Å². The van der Waals surface area contributed by atoms with Crippen LogP contribution in [0.3, 0.4) is 0 Å². The summed E-state index contributed by atoms with van der Waals surface area (Å²) in [6.45, 7) is 1.97. The minimum absolute atomic E-state index is 0.0150. The Labute approximate surface area is 122 Å². The van der Waals surface area contributed by atoms with E-state index in [0.717, 1.165) is 11.3 Å². The van der Waals surface area contributed by atoms with E-state index in [9.17, 15) is 4.79 Å². The predicted octanol–water partition coefficient (Wildman–Crippen LogP) is 3.79. The van der Waals surface area contributed by atoms with Crippen LogP contribution in [0.1, 0.15) is 28.9 Å². The first-order valence-electron chi connectivity index (χ1n) is 6.13. The molecule has 1 unspecified atom stereocenters. The zero-order valence-electron chi connectivity index (χ0n) is 10.9. The van der Waals surface area contributed by atoms with E-state index in [1.807, 2.05) is 31.2 Å². The number of hydrogen-bond acceptors (Lipinski definition) is 3. The second kappa shape index (κ2) is 5.84. The molecule has 0 aliphatic rings. The highest BCUT2D eigenvalue weighted by molar-refractivity contribution is 6.31. The van der Waals surface area contributed by atoms with Crippen molar-refractivity contribution in [1.29, 1.82) is 0 Å². The van der Waals surface area contributed by atoms with Gasteiger partial charge in [-0.25, -0.2) is 4.79 Å². The van der Waals surface area contributed by atoms with Crippen molar-refractivity contribution < 1.29 is 9.90 Å². The van der Waals surface area contributed by atoms with Crippen molar-refractivity contribution in [2.75, 3.05) is 11.1 Å². The number of benzene rings is 2. The fourth-order valence-electron chi connectivity index (χ4n) is 2.00. The zero-order valence-corrected chi connectivity index (χ0v) is 11.7. The molecule has 2 rings (SSSR count). The molecule has 0 fully saturated rings. The van der Waals surface area contributed by atoms with Crippen molar-refractivity contribution in [3.63, 3.8) is 0 Å². The highest BCUT2D eigenvalue weighted by Gasteiger charge is 2.11. The Morgan fingerprint density at radius 3 is 2.60 bits per heavy atom. The Morgan fingerprint density at radius 2 is 2.00 bits per heavy atom. The highest BCUT2D eigenvalue weighted by Crippen LogP contribution is 2.27. The number of nitrogens with two attached hydrogens (primary N) is 1. The van der Waals surface area contributed by atoms with Crippen molar-refractivity contribution >= 4 is 28.9 Å². The Bertz CT molecular complexity index is 644. The van der Waals surface area contributed by atoms with Crippen LogP contribution < -0.4 is 11.1 Å². The Hall–Kier alpha value is -2.20. The molecule has 0 bridgehead atoms. The molecule has 4 N–H and O–H groups in total. The summed E-state index contributed by atoms with van der Waals surface area (Å²) < 4.78 is 0. The van der Waals surface area contributed by atoms with Gasteiger partial charge in [0.15, 0.2) is 0 Å². The van der Waals surface area contributed by atoms with Gasteiger partial charge < -0.3 is 16.2 Å². The van der Waals surface area contributed by atoms with Gasteiger partial charge in [-0.05, 0) is 36.8 Å². The van der Waals surface area contributed by atoms with Crippen LogP contribution in [-0.2, 0) is 0 Å². The van der Waals surface area contributed by atoms with E-state index in [1.54, 1.807) is 12.1 Å². The average molecular weight is 291 g/mol. The van der Waals surface area contributed by atoms with Crippen molar-refractivity contribution in [1.82, 2.24) is 0 Å². The molecule has 0 aliphatic heterocycles. The number of carboxylic acids is 1. The summed E-state index contributed by atoms with van der Waals surface area (Å²) in [5.74, 6) is -1.03. The number of carbonyl (C=O) groups is 1. The average Bonchev–Trinajstić information content (AvgIpc) is 2.38. The summed E-state index contributed by atoms with van der Waals surface area (Å²) in [6, 6.07) is 12.3. The highest BCUT2D eigenvalue weighted by atomic mass is 35.5. The van der Waals surface area contributed by atoms with Crippen LogP contribution in [0.25, 0.3) is 0 Å². The molecule has 2 aromatic rings. The first-order chi connectivity index (χ1) is 9.49. The van der Waals surface area contributed by atoms with Crippen LogP contribution in [-0.4, -0.2) is 11.1 Å². The first-order valence-corrected chi connectivity index (χ1v) is 6.50. The van der Waals surface area contributed by atoms with E-state index < -0.39 is 5.97 Å². The topological polar surface area (TPSA) is 75.3 Å². The predicted molar refractivity (Wildman–Crippen MR) is 81.3 cm³/mol. The summed E-state index contributed by atoms with van der Waals surface area (Å²) in [5.41, 5.74) is 7.77. The molecule has 0 saturated carbocycles. The number of nitrogens with one attached hydrogen (secondary N) is 1. The number of aromatic carboxylic acids is 1. The van der Waals surface area contributed by atoms with Crippen LogP contribution >= 0.6 is 11.6 Å². The maximum absolute atomic E-state index is 10.9. The molecular formula is C15H15ClN2O2. The number of anilines is 2. The number of hydrogen-bond donors (Lipinski definition) is 3. The lowest BCUT2D eigenvalue weighted by Gasteiger charge is -2.17. The Morgan fingerprint density at radius 1 is 1.30 bits per heavy atom. The fourth-order valence-corrected chi connectivity index (χ4v) is 2.30. The van der Waals surface area contributed by atoms with Crippen LogP contribution in [0, 0.1) is 0 Å². The number of rotatable bonds is 4. The van der Waals surface area contributed by atoms with Crippen LogP contribution in [0.4, 0.5) is 11.4 Å². The maximum Gasteiger partial charge on any atom is 0.337 e. The normalized spacial score (nSPS) is 11.9. The molecule has 0 radical (unpaired) electrons. The molecule has 0 aromatic heterocycles. The third-order valence-electron chi connectivity index (χ3n) is 3.04. The summed E-state index contributed by atoms with van der Waals surface area (Å²) >= 11 is 6.14. The van der Waals surface area contributed by atoms with E-state index >= 15 is 0 Å². The van der Waals surface area contributed by atoms with Gasteiger partial charge in [0.05, 0.1) is 5.56 Å². The summed E-state index contributed by atoms with van der Waals surface area (Å²) in [4.78, 5) is 10.9. The monoisotopic (exact) mass is 290 g/mol. The lowest BCUT2D eigenvalue weighted by Crippen LogP contribution is -2.09. The molecule has 5 heteroatoms. The summed E-state index contributed by atoms with van der Waals surface area (Å²) in [7, 11) is 0. The molecule has 1 atom stereocenters. The van der Waals surface area contributed by atoms with Gasteiger partial charge in [-0.2, -0.15) is 0 Å². The van der Waals surface area contributed by atoms with E-state index in [-0.39, 0.29) is 17.3 Å². The van der Waals surface area contributed by atoms with Gasteiger partial charge in [0.1, 0.15) is 0 Å². The molecular weight excluding hydrogens is 276 g/mol. The summed E-state index contributed by atoms with van der Waals surface area (Å²) in [5, 5.41) is 12.9. The number of nitrogen functional groups attached to an aromatic ring is 1. The molecule has 4 nitrogen and oxygen atoms in total. The van der Waals surface area contributed by atoms with Gasteiger partial charge >= 0.3 is 5.97 Å². The van der Waals surface area contributed by atoms with Gasteiger partial charge in [0.25, 0.3) is 0 Å². The second-order valence-electron chi connectivity index (χ2n) is 4.49. The third-order valence-corrected chi connectivity index (χ3v) is 3.38. The lowest BCUT2D eigenvalue weighted by atomic mass is 10.1. The van der Waals surface area contributed by atoms with Crippen molar-refractivity contribution in [2.24, 2.45) is 0 Å². The Balaban J connectivity index is 2.20. The molecule has 104 valence electrons. The van der Waals surface area contributed by atoms with Crippen molar-refractivity contribution in [3.05, 3.63) is 58.6 Å². The smallest absolute Gasteiger partial charge is 0.337 e. The third kappa shape index (κ3) is 3.03. The van der Waals surface area contributed by atoms with E-state index in [0.29, 0.717) is 5.02 Å². The summed E-state index contributed by atoms with van der Waals surface area (Å²) in [6.07, 6.45) is 0. The minimum atomic E-state index is -1.03. The standard InChI is InChI=1S/C15H15ClN2O2/c1-9(11-4-2-3-5-13(11)16)18-10-6-7-12(15(19)20)14(17)8-10/h2-9,18H,17H2,1H3,(H,19,20).